The van der Waals surface area contributed by atoms with Gasteiger partial charge >= 0.3 is 0 Å². The number of carbonyl (C=O) groups is 2. The molecule has 0 radical (unpaired) electrons. The van der Waals surface area contributed by atoms with E-state index < -0.39 is 5.91 Å². The van der Waals surface area contributed by atoms with Crippen molar-refractivity contribution in [3.63, 3.8) is 0 Å². The zero-order chi connectivity index (χ0) is 27.6. The second kappa shape index (κ2) is 11.3. The summed E-state index contributed by atoms with van der Waals surface area (Å²) in [6, 6.07) is 20.8. The van der Waals surface area contributed by atoms with E-state index in [1.807, 2.05) is 48.5 Å². The summed E-state index contributed by atoms with van der Waals surface area (Å²) in [5.41, 5.74) is 4.01. The smallest absolute Gasteiger partial charge is 0.257 e. The van der Waals surface area contributed by atoms with Crippen LogP contribution in [0.15, 0.2) is 77.7 Å². The number of amides is 2. The Balaban J connectivity index is 1.42. The van der Waals surface area contributed by atoms with Gasteiger partial charge in [0.25, 0.3) is 5.91 Å². The molecular formula is C32H30ClN3O4. The molecule has 2 aliphatic heterocycles. The molecule has 0 bridgehead atoms. The molecule has 1 N–H and O–H groups in total. The highest BCUT2D eigenvalue weighted by Gasteiger charge is 2.29. The summed E-state index contributed by atoms with van der Waals surface area (Å²) in [6.45, 7) is 2.05. The number of hydrogen-bond acceptors (Lipinski definition) is 4. The van der Waals surface area contributed by atoms with Crippen LogP contribution in [0.1, 0.15) is 45.5 Å². The number of pyridine rings is 1. The number of halogens is 1. The van der Waals surface area contributed by atoms with Gasteiger partial charge in [0.1, 0.15) is 5.56 Å². The van der Waals surface area contributed by atoms with E-state index in [4.69, 9.17) is 16.3 Å². The van der Waals surface area contributed by atoms with Crippen LogP contribution < -0.4 is 15.8 Å². The van der Waals surface area contributed by atoms with Gasteiger partial charge in [-0.2, -0.15) is 0 Å². The van der Waals surface area contributed by atoms with E-state index in [1.54, 1.807) is 21.8 Å². The summed E-state index contributed by atoms with van der Waals surface area (Å²) < 4.78 is 7.23. The average Bonchev–Trinajstić information content (AvgIpc) is 2.97. The van der Waals surface area contributed by atoms with Gasteiger partial charge in [0.15, 0.2) is 0 Å². The van der Waals surface area contributed by atoms with Gasteiger partial charge in [-0.25, -0.2) is 5.01 Å². The Morgan fingerprint density at radius 1 is 0.950 bits per heavy atom. The highest BCUT2D eigenvalue weighted by Crippen LogP contribution is 2.29. The van der Waals surface area contributed by atoms with Gasteiger partial charge in [0.2, 0.25) is 11.3 Å². The molecule has 2 aliphatic rings. The third-order valence-corrected chi connectivity index (χ3v) is 8.01. The van der Waals surface area contributed by atoms with Crippen LogP contribution in [0.2, 0.25) is 5.02 Å². The van der Waals surface area contributed by atoms with Crippen molar-refractivity contribution < 1.29 is 14.3 Å². The quantitative estimate of drug-likeness (QED) is 0.356. The Kier molecular flexibility index (Phi) is 7.41. The van der Waals surface area contributed by atoms with E-state index in [0.29, 0.717) is 28.4 Å². The van der Waals surface area contributed by atoms with Crippen LogP contribution in [0.3, 0.4) is 0 Å². The van der Waals surface area contributed by atoms with Crippen molar-refractivity contribution in [2.24, 2.45) is 5.92 Å². The van der Waals surface area contributed by atoms with Gasteiger partial charge in [-0.05, 0) is 65.6 Å². The van der Waals surface area contributed by atoms with Crippen LogP contribution in [0.5, 0.6) is 0 Å². The number of hydrogen-bond donors (Lipinski definition) is 1. The lowest BCUT2D eigenvalue weighted by Gasteiger charge is -2.33. The Morgan fingerprint density at radius 3 is 2.45 bits per heavy atom. The molecule has 7 nitrogen and oxygen atoms in total. The molecule has 0 saturated carbocycles. The van der Waals surface area contributed by atoms with Crippen LogP contribution in [0, 0.1) is 5.92 Å². The third-order valence-electron chi connectivity index (χ3n) is 7.76. The van der Waals surface area contributed by atoms with Crippen molar-refractivity contribution in [2.75, 3.05) is 18.2 Å². The second-order valence-corrected chi connectivity index (χ2v) is 11.0. The highest BCUT2D eigenvalue weighted by atomic mass is 35.5. The van der Waals surface area contributed by atoms with Crippen molar-refractivity contribution in [2.45, 2.75) is 38.8 Å². The van der Waals surface area contributed by atoms with E-state index in [9.17, 15) is 14.4 Å². The molecule has 3 heterocycles. The minimum Gasteiger partial charge on any atom is -0.381 e. The van der Waals surface area contributed by atoms with E-state index in [2.05, 4.69) is 11.4 Å². The SMILES string of the molecule is O=C(NCc1ccc(Cl)cc1)c1cn2c3c(cc(CC4CCOCC4)cc3c1=O)CC(=O)N2Cc1ccccc1. The molecule has 6 rings (SSSR count). The zero-order valence-corrected chi connectivity index (χ0v) is 22.8. The van der Waals surface area contributed by atoms with Gasteiger partial charge in [-0.3, -0.25) is 19.1 Å². The Labute approximate surface area is 237 Å². The molecule has 2 amide bonds. The molecule has 0 atom stereocenters. The minimum absolute atomic E-state index is 0.00314. The summed E-state index contributed by atoms with van der Waals surface area (Å²) in [5, 5.41) is 5.56. The lowest BCUT2D eigenvalue weighted by molar-refractivity contribution is -0.119. The lowest BCUT2D eigenvalue weighted by Crippen LogP contribution is -2.45. The summed E-state index contributed by atoms with van der Waals surface area (Å²) >= 11 is 5.99. The Bertz CT molecular complexity index is 1630. The summed E-state index contributed by atoms with van der Waals surface area (Å²) in [4.78, 5) is 40.8. The Morgan fingerprint density at radius 2 is 1.70 bits per heavy atom. The summed E-state index contributed by atoms with van der Waals surface area (Å²) in [5.74, 6) is -0.114. The monoisotopic (exact) mass is 555 g/mol. The van der Waals surface area contributed by atoms with Crippen molar-refractivity contribution >= 4 is 34.3 Å². The molecule has 3 aromatic carbocycles. The number of ether oxygens (including phenoxy) is 1. The van der Waals surface area contributed by atoms with E-state index in [0.717, 1.165) is 54.7 Å². The molecule has 0 aliphatic carbocycles. The molecule has 1 saturated heterocycles. The number of aromatic nitrogens is 1. The molecule has 1 fully saturated rings. The number of nitrogens with zero attached hydrogens (tertiary/aromatic N) is 2. The maximum absolute atomic E-state index is 13.8. The van der Waals surface area contributed by atoms with Crippen LogP contribution in [-0.4, -0.2) is 29.7 Å². The molecule has 0 spiro atoms. The largest absolute Gasteiger partial charge is 0.381 e. The number of rotatable bonds is 7. The molecule has 8 heteroatoms. The number of nitrogens with one attached hydrogen (secondary N) is 1. The lowest BCUT2D eigenvalue weighted by atomic mass is 9.89. The fourth-order valence-electron chi connectivity index (χ4n) is 5.66. The van der Waals surface area contributed by atoms with Crippen LogP contribution in [0.25, 0.3) is 10.9 Å². The molecule has 4 aromatic rings. The van der Waals surface area contributed by atoms with Gasteiger partial charge in [0, 0.05) is 36.4 Å². The van der Waals surface area contributed by atoms with Crippen LogP contribution >= 0.6 is 11.6 Å². The fraction of sp³-hybridized carbons (Fsp3) is 0.281. The first-order valence-electron chi connectivity index (χ1n) is 13.6. The first-order valence-corrected chi connectivity index (χ1v) is 14.0. The summed E-state index contributed by atoms with van der Waals surface area (Å²) in [7, 11) is 0. The highest BCUT2D eigenvalue weighted by molar-refractivity contribution is 6.30. The summed E-state index contributed by atoms with van der Waals surface area (Å²) in [6.07, 6.45) is 4.46. The predicted octanol–water partition coefficient (Wildman–Crippen LogP) is 4.77. The minimum atomic E-state index is -0.486. The molecule has 1 aromatic heterocycles. The number of carbonyl (C=O) groups excluding carboxylic acids is 2. The van der Waals surface area contributed by atoms with Gasteiger partial charge < -0.3 is 10.1 Å². The molecule has 0 unspecified atom stereocenters. The maximum atomic E-state index is 13.8. The zero-order valence-electron chi connectivity index (χ0n) is 22.1. The van der Waals surface area contributed by atoms with E-state index in [-0.39, 0.29) is 29.9 Å². The normalized spacial score (nSPS) is 15.4. The van der Waals surface area contributed by atoms with Crippen LogP contribution in [-0.2, 0) is 35.5 Å². The standard InChI is InChI=1S/C32H30ClN3O4/c33-26-8-6-22(7-9-26)18-34-32(39)28-20-36-30-25(17-29(37)35(36)19-23-4-2-1-3-5-23)15-24(16-27(30)31(28)38)14-21-10-12-40-13-11-21/h1-9,15-16,20-21H,10-14,17-19H2,(H,34,39). The topological polar surface area (TPSA) is 80.6 Å². The van der Waals surface area contributed by atoms with Crippen LogP contribution in [0.4, 0.5) is 0 Å². The first-order chi connectivity index (χ1) is 19.5. The number of benzene rings is 3. The van der Waals surface area contributed by atoms with E-state index >= 15 is 0 Å². The van der Waals surface area contributed by atoms with E-state index in [1.165, 1.54) is 6.20 Å². The van der Waals surface area contributed by atoms with Gasteiger partial charge in [-0.15, -0.1) is 0 Å². The second-order valence-electron chi connectivity index (χ2n) is 10.6. The van der Waals surface area contributed by atoms with Gasteiger partial charge in [0.05, 0.1) is 18.5 Å². The molecule has 40 heavy (non-hydrogen) atoms. The van der Waals surface area contributed by atoms with Crippen molar-refractivity contribution in [1.82, 2.24) is 9.99 Å². The first kappa shape index (κ1) is 26.3. The van der Waals surface area contributed by atoms with Crippen molar-refractivity contribution in [3.8, 4) is 0 Å². The predicted molar refractivity (Wildman–Crippen MR) is 155 cm³/mol. The van der Waals surface area contributed by atoms with Crippen molar-refractivity contribution in [1.29, 1.82) is 0 Å². The Hall–Kier alpha value is -3.94. The van der Waals surface area contributed by atoms with Gasteiger partial charge in [-0.1, -0.05) is 60.1 Å². The van der Waals surface area contributed by atoms with Crippen molar-refractivity contribution in [3.05, 3.63) is 116 Å². The molecular weight excluding hydrogens is 526 g/mol. The third kappa shape index (κ3) is 5.40. The average molecular weight is 556 g/mol. The maximum Gasteiger partial charge on any atom is 0.257 e. The fourth-order valence-corrected chi connectivity index (χ4v) is 5.78. The molecule has 204 valence electrons.